The summed E-state index contributed by atoms with van der Waals surface area (Å²) in [7, 11) is 0. The van der Waals surface area contributed by atoms with Crippen molar-refractivity contribution in [2.24, 2.45) is 0 Å². The van der Waals surface area contributed by atoms with Gasteiger partial charge in [-0.1, -0.05) is 25.0 Å². The Kier molecular flexibility index (Phi) is 7.72. The lowest BCUT2D eigenvalue weighted by Gasteiger charge is -2.11. The van der Waals surface area contributed by atoms with Crippen LogP contribution in [0.2, 0.25) is 0 Å². The monoisotopic (exact) mass is 316 g/mol. The van der Waals surface area contributed by atoms with Crippen molar-refractivity contribution in [2.75, 3.05) is 25.0 Å². The summed E-state index contributed by atoms with van der Waals surface area (Å²) in [5.74, 6) is 1.47. The molecule has 1 rings (SSSR count). The van der Waals surface area contributed by atoms with Gasteiger partial charge in [0, 0.05) is 12.2 Å². The molecule has 0 saturated heterocycles. The van der Waals surface area contributed by atoms with E-state index in [1.54, 1.807) is 24.3 Å². The Bertz CT molecular complexity index is 608. The van der Waals surface area contributed by atoms with E-state index in [1.165, 1.54) is 0 Å². The number of rotatable bonds is 7. The summed E-state index contributed by atoms with van der Waals surface area (Å²) in [5, 5.41) is 10.1. The fourth-order valence-electron chi connectivity index (χ4n) is 1.69. The van der Waals surface area contributed by atoms with Crippen molar-refractivity contribution in [1.82, 2.24) is 16.0 Å². The maximum absolute atomic E-state index is 12.0. The number of hydrogen-bond donors (Lipinski definition) is 4. The summed E-state index contributed by atoms with van der Waals surface area (Å²) in [5.41, 5.74) is 0.845. The molecule has 0 saturated carbocycles. The van der Waals surface area contributed by atoms with Gasteiger partial charge in [-0.3, -0.25) is 14.9 Å². The van der Waals surface area contributed by atoms with Crippen molar-refractivity contribution in [2.45, 2.75) is 13.3 Å². The van der Waals surface area contributed by atoms with Crippen LogP contribution in [0.25, 0.3) is 0 Å². The van der Waals surface area contributed by atoms with E-state index in [1.807, 2.05) is 6.92 Å². The van der Waals surface area contributed by atoms with E-state index in [2.05, 4.69) is 27.2 Å². The Labute approximate surface area is 135 Å². The van der Waals surface area contributed by atoms with Crippen LogP contribution in [-0.4, -0.2) is 37.5 Å². The van der Waals surface area contributed by atoms with Crippen LogP contribution >= 0.6 is 0 Å². The highest BCUT2D eigenvalue weighted by atomic mass is 16.2. The Morgan fingerprint density at radius 2 is 1.91 bits per heavy atom. The first-order valence-corrected chi connectivity index (χ1v) is 7.20. The predicted octanol–water partition coefficient (Wildman–Crippen LogP) is 0.697. The number of anilines is 1. The lowest BCUT2D eigenvalue weighted by Crippen LogP contribution is -2.42. The van der Waals surface area contributed by atoms with E-state index in [0.29, 0.717) is 17.8 Å². The molecule has 0 bridgehead atoms. The molecule has 0 unspecified atom stereocenters. The zero-order chi connectivity index (χ0) is 17.1. The first-order valence-electron chi connectivity index (χ1n) is 7.20. The third-order valence-electron chi connectivity index (χ3n) is 2.75. The first kappa shape index (κ1) is 18.0. The predicted molar refractivity (Wildman–Crippen MR) is 87.9 cm³/mol. The number of imide groups is 1. The van der Waals surface area contributed by atoms with Crippen LogP contribution < -0.4 is 21.3 Å². The van der Waals surface area contributed by atoms with Crippen molar-refractivity contribution in [1.29, 1.82) is 0 Å². The topological polar surface area (TPSA) is 99.3 Å². The lowest BCUT2D eigenvalue weighted by atomic mass is 10.1. The third-order valence-corrected chi connectivity index (χ3v) is 2.75. The van der Waals surface area contributed by atoms with Crippen molar-refractivity contribution >= 4 is 23.5 Å². The second-order valence-corrected chi connectivity index (χ2v) is 4.59. The summed E-state index contributed by atoms with van der Waals surface area (Å²) < 4.78 is 0. The summed E-state index contributed by atoms with van der Waals surface area (Å²) >= 11 is 0. The Morgan fingerprint density at radius 1 is 1.17 bits per heavy atom. The summed E-state index contributed by atoms with van der Waals surface area (Å²) in [6.45, 7) is 2.38. The van der Waals surface area contributed by atoms with E-state index in [9.17, 15) is 14.4 Å². The molecule has 7 nitrogen and oxygen atoms in total. The van der Waals surface area contributed by atoms with Gasteiger partial charge in [-0.05, 0) is 18.6 Å². The summed E-state index contributed by atoms with van der Waals surface area (Å²) in [6, 6.07) is 6.16. The second kappa shape index (κ2) is 9.84. The number of amides is 4. The fourth-order valence-corrected chi connectivity index (χ4v) is 1.69. The third kappa shape index (κ3) is 6.52. The molecule has 0 heterocycles. The molecular weight excluding hydrogens is 296 g/mol. The van der Waals surface area contributed by atoms with Gasteiger partial charge in [0.05, 0.1) is 18.7 Å². The van der Waals surface area contributed by atoms with Crippen molar-refractivity contribution in [3.8, 4) is 12.3 Å². The molecule has 23 heavy (non-hydrogen) atoms. The van der Waals surface area contributed by atoms with Crippen LogP contribution in [0.3, 0.4) is 0 Å². The van der Waals surface area contributed by atoms with Crippen LogP contribution in [0.5, 0.6) is 0 Å². The van der Waals surface area contributed by atoms with Gasteiger partial charge in [-0.15, -0.1) is 6.42 Å². The number of benzene rings is 1. The number of carbonyl (C=O) groups is 3. The minimum Gasteiger partial charge on any atom is -0.375 e. The number of urea groups is 1. The second-order valence-electron chi connectivity index (χ2n) is 4.59. The largest absolute Gasteiger partial charge is 0.375 e. The highest BCUT2D eigenvalue weighted by Gasteiger charge is 2.12. The van der Waals surface area contributed by atoms with Gasteiger partial charge >= 0.3 is 6.03 Å². The highest BCUT2D eigenvalue weighted by molar-refractivity contribution is 6.01. The molecule has 4 amide bonds. The van der Waals surface area contributed by atoms with Gasteiger partial charge in [0.25, 0.3) is 5.91 Å². The molecule has 1 aromatic rings. The van der Waals surface area contributed by atoms with E-state index in [0.717, 1.165) is 6.42 Å². The summed E-state index contributed by atoms with van der Waals surface area (Å²) in [6.07, 6.45) is 5.88. The first-order chi connectivity index (χ1) is 11.1. The molecule has 0 atom stereocenters. The molecule has 0 radical (unpaired) electrons. The smallest absolute Gasteiger partial charge is 0.321 e. The van der Waals surface area contributed by atoms with Crippen LogP contribution in [0.4, 0.5) is 10.5 Å². The number of nitrogens with one attached hydrogen (secondary N) is 4. The molecule has 0 aliphatic carbocycles. The van der Waals surface area contributed by atoms with E-state index in [4.69, 9.17) is 6.42 Å². The van der Waals surface area contributed by atoms with Gasteiger partial charge in [0.1, 0.15) is 0 Å². The van der Waals surface area contributed by atoms with Gasteiger partial charge in [0.2, 0.25) is 5.91 Å². The van der Waals surface area contributed by atoms with E-state index < -0.39 is 11.9 Å². The highest BCUT2D eigenvalue weighted by Crippen LogP contribution is 2.14. The van der Waals surface area contributed by atoms with Crippen LogP contribution in [0, 0.1) is 12.3 Å². The molecule has 0 aromatic heterocycles. The quantitative estimate of drug-likeness (QED) is 0.556. The fraction of sp³-hybridized carbons (Fsp3) is 0.312. The minimum atomic E-state index is -0.543. The standard InChI is InChI=1S/C16H20N4O3/c1-3-9-17-15(22)12-7-5-6-8-13(12)19-11-14(21)20-16(23)18-10-4-2/h1,5-8,19H,4,9-11H2,2H3,(H,17,22)(H2,18,20,21,23). The molecule has 0 aliphatic heterocycles. The van der Waals surface area contributed by atoms with Gasteiger partial charge in [-0.2, -0.15) is 0 Å². The lowest BCUT2D eigenvalue weighted by molar-refractivity contribution is -0.118. The van der Waals surface area contributed by atoms with Crippen molar-refractivity contribution in [3.05, 3.63) is 29.8 Å². The van der Waals surface area contributed by atoms with Gasteiger partial charge < -0.3 is 16.0 Å². The Hall–Kier alpha value is -3.01. The minimum absolute atomic E-state index is 0.116. The van der Waals surface area contributed by atoms with E-state index in [-0.39, 0.29) is 19.0 Å². The average molecular weight is 316 g/mol. The molecule has 1 aromatic carbocycles. The average Bonchev–Trinajstić information content (AvgIpc) is 2.56. The zero-order valence-corrected chi connectivity index (χ0v) is 12.9. The van der Waals surface area contributed by atoms with Crippen molar-refractivity contribution in [3.63, 3.8) is 0 Å². The normalized spacial score (nSPS) is 9.39. The van der Waals surface area contributed by atoms with Gasteiger partial charge in [0.15, 0.2) is 0 Å². The molecule has 0 fully saturated rings. The molecule has 0 aliphatic rings. The maximum atomic E-state index is 12.0. The summed E-state index contributed by atoms with van der Waals surface area (Å²) in [4.78, 5) is 35.0. The molecule has 4 N–H and O–H groups in total. The van der Waals surface area contributed by atoms with Crippen molar-refractivity contribution < 1.29 is 14.4 Å². The maximum Gasteiger partial charge on any atom is 0.321 e. The molecule has 122 valence electrons. The Morgan fingerprint density at radius 3 is 2.61 bits per heavy atom. The van der Waals surface area contributed by atoms with Crippen LogP contribution in [0.1, 0.15) is 23.7 Å². The molecule has 7 heteroatoms. The zero-order valence-electron chi connectivity index (χ0n) is 12.9. The van der Waals surface area contributed by atoms with E-state index >= 15 is 0 Å². The van der Waals surface area contributed by atoms with Crippen LogP contribution in [-0.2, 0) is 4.79 Å². The number of para-hydroxylation sites is 1. The number of carbonyl (C=O) groups excluding carboxylic acids is 3. The number of terminal acetylenes is 1. The van der Waals surface area contributed by atoms with Crippen LogP contribution in [0.15, 0.2) is 24.3 Å². The molecule has 0 spiro atoms. The Balaban J connectivity index is 2.57. The molecular formula is C16H20N4O3. The SMILES string of the molecule is C#CCNC(=O)c1ccccc1NCC(=O)NC(=O)NCCC. The van der Waals surface area contributed by atoms with Gasteiger partial charge in [-0.25, -0.2) is 4.79 Å². The number of hydrogen-bond acceptors (Lipinski definition) is 4.